The van der Waals surface area contributed by atoms with Crippen molar-refractivity contribution in [1.29, 1.82) is 0 Å². The monoisotopic (exact) mass is 233 g/mol. The molecule has 70 valence electrons. The minimum absolute atomic E-state index is 0.0288. The van der Waals surface area contributed by atoms with E-state index in [1.54, 1.807) is 0 Å². The predicted octanol–water partition coefficient (Wildman–Crippen LogP) is 2.03. The van der Waals surface area contributed by atoms with Crippen molar-refractivity contribution in [2.45, 2.75) is 32.0 Å². The van der Waals surface area contributed by atoms with E-state index in [9.17, 15) is 4.79 Å². The van der Waals surface area contributed by atoms with Gasteiger partial charge >= 0.3 is 0 Å². The van der Waals surface area contributed by atoms with Crippen LogP contribution >= 0.6 is 15.9 Å². The highest BCUT2D eigenvalue weighted by molar-refractivity contribution is 9.10. The third kappa shape index (κ3) is 1.82. The van der Waals surface area contributed by atoms with Crippen LogP contribution in [0.15, 0.2) is 0 Å². The van der Waals surface area contributed by atoms with E-state index in [1.165, 1.54) is 0 Å². The SMILES string of the molecule is CCC1(C)CN(C(=O)C(C)Br)C1. The number of carbonyl (C=O) groups is 1. The smallest absolute Gasteiger partial charge is 0.236 e. The van der Waals surface area contributed by atoms with E-state index < -0.39 is 0 Å². The Balaban J connectivity index is 2.39. The molecule has 0 aromatic carbocycles. The summed E-state index contributed by atoms with van der Waals surface area (Å²) < 4.78 is 0. The fourth-order valence-electron chi connectivity index (χ4n) is 1.51. The molecule has 2 nitrogen and oxygen atoms in total. The Morgan fingerprint density at radius 2 is 2.17 bits per heavy atom. The van der Waals surface area contributed by atoms with Crippen molar-refractivity contribution in [2.75, 3.05) is 13.1 Å². The summed E-state index contributed by atoms with van der Waals surface area (Å²) in [6.07, 6.45) is 1.16. The number of hydrogen-bond acceptors (Lipinski definition) is 1. The van der Waals surface area contributed by atoms with Crippen molar-refractivity contribution in [3.05, 3.63) is 0 Å². The van der Waals surface area contributed by atoms with Gasteiger partial charge in [0.25, 0.3) is 0 Å². The van der Waals surface area contributed by atoms with E-state index in [0.29, 0.717) is 5.41 Å². The van der Waals surface area contributed by atoms with E-state index >= 15 is 0 Å². The van der Waals surface area contributed by atoms with Gasteiger partial charge in [0.2, 0.25) is 5.91 Å². The first-order valence-corrected chi connectivity index (χ1v) is 5.33. The molecular weight excluding hydrogens is 218 g/mol. The van der Waals surface area contributed by atoms with Crippen LogP contribution in [-0.2, 0) is 4.79 Å². The standard InChI is InChI=1S/C9H16BrNO/c1-4-9(3)5-11(6-9)8(12)7(2)10/h7H,4-6H2,1-3H3. The van der Waals surface area contributed by atoms with E-state index in [-0.39, 0.29) is 10.7 Å². The Hall–Kier alpha value is -0.0500. The maximum absolute atomic E-state index is 11.4. The van der Waals surface area contributed by atoms with Gasteiger partial charge in [-0.15, -0.1) is 0 Å². The van der Waals surface area contributed by atoms with Crippen molar-refractivity contribution in [2.24, 2.45) is 5.41 Å². The Bertz CT molecular complexity index is 185. The van der Waals surface area contributed by atoms with Crippen LogP contribution in [0.4, 0.5) is 0 Å². The van der Waals surface area contributed by atoms with Gasteiger partial charge in [-0.25, -0.2) is 0 Å². The maximum Gasteiger partial charge on any atom is 0.236 e. The van der Waals surface area contributed by atoms with Crippen molar-refractivity contribution in [3.8, 4) is 0 Å². The van der Waals surface area contributed by atoms with Gasteiger partial charge in [-0.3, -0.25) is 4.79 Å². The summed E-state index contributed by atoms with van der Waals surface area (Å²) in [4.78, 5) is 13.3. The number of rotatable bonds is 2. The zero-order chi connectivity index (χ0) is 9.35. The number of nitrogens with zero attached hydrogens (tertiary/aromatic N) is 1. The predicted molar refractivity (Wildman–Crippen MR) is 53.4 cm³/mol. The Morgan fingerprint density at radius 1 is 1.67 bits per heavy atom. The topological polar surface area (TPSA) is 20.3 Å². The van der Waals surface area contributed by atoms with Crippen molar-refractivity contribution in [3.63, 3.8) is 0 Å². The number of hydrogen-bond donors (Lipinski definition) is 0. The Labute approximate surface area is 82.4 Å². The number of carbonyl (C=O) groups excluding carboxylic acids is 1. The Kier molecular flexibility index (Phi) is 2.81. The molecule has 1 amide bonds. The lowest BCUT2D eigenvalue weighted by molar-refractivity contribution is -0.141. The second-order valence-corrected chi connectivity index (χ2v) is 5.35. The number of amides is 1. The molecule has 0 N–H and O–H groups in total. The van der Waals surface area contributed by atoms with Gasteiger partial charge in [-0.2, -0.15) is 0 Å². The molecule has 0 aromatic heterocycles. The van der Waals surface area contributed by atoms with Gasteiger partial charge in [-0.1, -0.05) is 29.8 Å². The van der Waals surface area contributed by atoms with Gasteiger partial charge in [0.1, 0.15) is 0 Å². The van der Waals surface area contributed by atoms with E-state index in [2.05, 4.69) is 29.8 Å². The molecule has 1 saturated heterocycles. The average molecular weight is 234 g/mol. The highest BCUT2D eigenvalue weighted by atomic mass is 79.9. The van der Waals surface area contributed by atoms with Crippen LogP contribution in [0.1, 0.15) is 27.2 Å². The molecule has 0 aromatic rings. The van der Waals surface area contributed by atoms with Gasteiger partial charge in [0, 0.05) is 18.5 Å². The number of alkyl halides is 1. The molecule has 1 aliphatic heterocycles. The number of halogens is 1. The second kappa shape index (κ2) is 3.36. The molecule has 1 unspecified atom stereocenters. The summed E-state index contributed by atoms with van der Waals surface area (Å²) in [7, 11) is 0. The molecule has 0 aliphatic carbocycles. The summed E-state index contributed by atoms with van der Waals surface area (Å²) >= 11 is 3.28. The van der Waals surface area contributed by atoms with Crippen LogP contribution in [0.25, 0.3) is 0 Å². The van der Waals surface area contributed by atoms with Crippen LogP contribution in [0.3, 0.4) is 0 Å². The zero-order valence-corrected chi connectivity index (χ0v) is 9.52. The lowest BCUT2D eigenvalue weighted by atomic mass is 9.79. The highest BCUT2D eigenvalue weighted by Crippen LogP contribution is 2.33. The van der Waals surface area contributed by atoms with Crippen molar-refractivity contribution in [1.82, 2.24) is 4.90 Å². The van der Waals surface area contributed by atoms with Crippen LogP contribution in [-0.4, -0.2) is 28.7 Å². The molecule has 0 radical (unpaired) electrons. The molecule has 12 heavy (non-hydrogen) atoms. The highest BCUT2D eigenvalue weighted by Gasteiger charge is 2.40. The van der Waals surface area contributed by atoms with Crippen LogP contribution < -0.4 is 0 Å². The third-order valence-corrected chi connectivity index (χ3v) is 3.04. The van der Waals surface area contributed by atoms with Crippen LogP contribution in [0.2, 0.25) is 0 Å². The first-order valence-electron chi connectivity index (χ1n) is 4.41. The maximum atomic E-state index is 11.4. The molecule has 0 saturated carbocycles. The first kappa shape index (κ1) is 10.0. The first-order chi connectivity index (χ1) is 5.48. The van der Waals surface area contributed by atoms with Crippen molar-refractivity contribution < 1.29 is 4.79 Å². The molecule has 1 fully saturated rings. The van der Waals surface area contributed by atoms with E-state index in [0.717, 1.165) is 19.5 Å². The fourth-order valence-corrected chi connectivity index (χ4v) is 1.80. The van der Waals surface area contributed by atoms with E-state index in [4.69, 9.17) is 0 Å². The lowest BCUT2D eigenvalue weighted by Gasteiger charge is -2.48. The van der Waals surface area contributed by atoms with Gasteiger partial charge in [0.05, 0.1) is 4.83 Å². The third-order valence-electron chi connectivity index (χ3n) is 2.65. The molecular formula is C9H16BrNO. The van der Waals surface area contributed by atoms with E-state index in [1.807, 2.05) is 11.8 Å². The van der Waals surface area contributed by atoms with Gasteiger partial charge < -0.3 is 4.90 Å². The Morgan fingerprint density at radius 3 is 2.50 bits per heavy atom. The second-order valence-electron chi connectivity index (χ2n) is 3.97. The van der Waals surface area contributed by atoms with Crippen LogP contribution in [0, 0.1) is 5.41 Å². The molecule has 1 heterocycles. The zero-order valence-electron chi connectivity index (χ0n) is 7.93. The minimum Gasteiger partial charge on any atom is -0.341 e. The molecule has 1 atom stereocenters. The molecule has 1 aliphatic rings. The lowest BCUT2D eigenvalue weighted by Crippen LogP contribution is -2.58. The molecule has 3 heteroatoms. The summed E-state index contributed by atoms with van der Waals surface area (Å²) in [6.45, 7) is 8.15. The fraction of sp³-hybridized carbons (Fsp3) is 0.889. The summed E-state index contributed by atoms with van der Waals surface area (Å²) in [5.74, 6) is 0.223. The van der Waals surface area contributed by atoms with Crippen LogP contribution in [0.5, 0.6) is 0 Å². The summed E-state index contributed by atoms with van der Waals surface area (Å²) in [6, 6.07) is 0. The average Bonchev–Trinajstić information content (AvgIpc) is 1.97. The van der Waals surface area contributed by atoms with Crippen molar-refractivity contribution >= 4 is 21.8 Å². The van der Waals surface area contributed by atoms with Gasteiger partial charge in [-0.05, 0) is 13.3 Å². The molecule has 0 spiro atoms. The molecule has 1 rings (SSSR count). The van der Waals surface area contributed by atoms with Gasteiger partial charge in [0.15, 0.2) is 0 Å². The summed E-state index contributed by atoms with van der Waals surface area (Å²) in [5, 5.41) is 0. The quantitative estimate of drug-likeness (QED) is 0.669. The summed E-state index contributed by atoms with van der Waals surface area (Å²) in [5.41, 5.74) is 0.386. The largest absolute Gasteiger partial charge is 0.341 e. The molecule has 0 bridgehead atoms. The minimum atomic E-state index is -0.0288. The number of likely N-dealkylation sites (tertiary alicyclic amines) is 1. The normalized spacial score (nSPS) is 23.2.